The van der Waals surface area contributed by atoms with Crippen LogP contribution in [0.5, 0.6) is 0 Å². The molecule has 3 aromatic heterocycles. The molecule has 0 aromatic carbocycles. The monoisotopic (exact) mass is 686 g/mol. The van der Waals surface area contributed by atoms with Crippen molar-refractivity contribution in [2.45, 2.75) is 86.0 Å². The summed E-state index contributed by atoms with van der Waals surface area (Å²) in [6.45, 7) is 16.2. The Labute approximate surface area is 286 Å². The zero-order chi connectivity index (χ0) is 36.9. The minimum absolute atomic E-state index is 0.0440. The van der Waals surface area contributed by atoms with Gasteiger partial charge in [-0.1, -0.05) is 53.2 Å². The molecule has 13 heteroatoms. The topological polar surface area (TPSA) is 134 Å². The number of ether oxygens (including phenoxy) is 2. The molecule has 2 atom stereocenters. The molecule has 0 saturated heterocycles. The van der Waals surface area contributed by atoms with Gasteiger partial charge in [-0.05, 0) is 49.8 Å². The number of imidazole rings is 1. The molecule has 3 rings (SSSR count). The Hall–Kier alpha value is -4.68. The van der Waals surface area contributed by atoms with Crippen LogP contribution >= 0.6 is 0 Å². The van der Waals surface area contributed by atoms with Gasteiger partial charge in [0.15, 0.2) is 11.6 Å². The summed E-state index contributed by atoms with van der Waals surface area (Å²) in [5.41, 5.74) is 6.13. The highest BCUT2D eigenvalue weighted by Gasteiger charge is 2.27. The number of fused-ring (bicyclic) bond motifs is 1. The van der Waals surface area contributed by atoms with Crippen LogP contribution in [0.4, 0.5) is 24.8 Å². The number of methoxy groups -OCH3 is 1. The molecule has 268 valence electrons. The lowest BCUT2D eigenvalue weighted by Crippen LogP contribution is -2.16. The summed E-state index contributed by atoms with van der Waals surface area (Å²) in [6.07, 6.45) is 10.6. The number of nitrogen functional groups attached to an aromatic ring is 1. The first-order valence-electron chi connectivity index (χ1n) is 16.3. The number of alkyl halides is 2. The highest BCUT2D eigenvalue weighted by molar-refractivity contribution is 6.05. The van der Waals surface area contributed by atoms with E-state index in [9.17, 15) is 18.4 Å². The van der Waals surface area contributed by atoms with Gasteiger partial charge in [0.2, 0.25) is 0 Å². The van der Waals surface area contributed by atoms with Crippen molar-refractivity contribution in [1.82, 2.24) is 19.4 Å². The van der Waals surface area contributed by atoms with Crippen molar-refractivity contribution in [3.63, 3.8) is 0 Å². The van der Waals surface area contributed by atoms with Crippen LogP contribution < -0.4 is 11.1 Å². The Morgan fingerprint density at radius 1 is 1.16 bits per heavy atom. The maximum Gasteiger partial charge on any atom is 0.302 e. The van der Waals surface area contributed by atoms with E-state index < -0.39 is 17.7 Å². The van der Waals surface area contributed by atoms with E-state index in [4.69, 9.17) is 15.5 Å². The largest absolute Gasteiger partial charge is 0.491 e. The van der Waals surface area contributed by atoms with Gasteiger partial charge in [0, 0.05) is 49.5 Å². The third-order valence-electron chi connectivity index (χ3n) is 7.74. The van der Waals surface area contributed by atoms with E-state index in [1.54, 1.807) is 23.7 Å². The smallest absolute Gasteiger partial charge is 0.302 e. The molecule has 0 radical (unpaired) electrons. The summed E-state index contributed by atoms with van der Waals surface area (Å²) >= 11 is 0. The van der Waals surface area contributed by atoms with Gasteiger partial charge in [-0.15, -0.1) is 0 Å². The molecule has 0 aliphatic carbocycles. The molecule has 2 unspecified atom stereocenters. The number of carbonyl (C=O) groups is 2. The molecule has 49 heavy (non-hydrogen) atoms. The molecule has 0 spiro atoms. The molecule has 3 aromatic rings. The average Bonchev–Trinajstić information content (AvgIpc) is 3.45. The zero-order valence-electron chi connectivity index (χ0n) is 29.6. The summed E-state index contributed by atoms with van der Waals surface area (Å²) in [5.74, 6) is -3.58. The van der Waals surface area contributed by atoms with Crippen molar-refractivity contribution in [3.05, 3.63) is 77.9 Å². The fraction of sp³-hybridized carbons (Fsp3) is 0.472. The fourth-order valence-electron chi connectivity index (χ4n) is 4.83. The van der Waals surface area contributed by atoms with Crippen LogP contribution in [0.3, 0.4) is 0 Å². The van der Waals surface area contributed by atoms with E-state index in [1.165, 1.54) is 32.4 Å². The van der Waals surface area contributed by atoms with Crippen LogP contribution in [0, 0.1) is 11.8 Å². The quantitative estimate of drug-likeness (QED) is 0.0705. The predicted octanol–water partition coefficient (Wildman–Crippen LogP) is 8.38. The first-order chi connectivity index (χ1) is 23.1. The predicted molar refractivity (Wildman–Crippen MR) is 186 cm³/mol. The second-order valence-corrected chi connectivity index (χ2v) is 12.1. The molecular weight excluding hydrogens is 637 g/mol. The van der Waals surface area contributed by atoms with Gasteiger partial charge in [-0.25, -0.2) is 28.1 Å². The summed E-state index contributed by atoms with van der Waals surface area (Å²) in [7, 11) is 1.35. The number of nitrogens with two attached hydrogens (primary N) is 1. The minimum Gasteiger partial charge on any atom is -0.491 e. The number of nitrogens with zero attached hydrogens (tertiary/aromatic N) is 4. The fourth-order valence-corrected chi connectivity index (χ4v) is 4.83. The summed E-state index contributed by atoms with van der Waals surface area (Å²) in [5, 5.41) is 2.46. The molecule has 0 aliphatic rings. The molecule has 3 N–H and O–H groups in total. The van der Waals surface area contributed by atoms with Gasteiger partial charge in [0.1, 0.15) is 28.7 Å². The summed E-state index contributed by atoms with van der Waals surface area (Å²) in [4.78, 5) is 35.6. The Morgan fingerprint density at radius 3 is 2.39 bits per heavy atom. The number of nitrogens with one attached hydrogen (secondary N) is 1. The van der Waals surface area contributed by atoms with Crippen molar-refractivity contribution in [3.8, 4) is 0 Å². The van der Waals surface area contributed by atoms with E-state index in [2.05, 4.69) is 54.3 Å². The van der Waals surface area contributed by atoms with Crippen LogP contribution in [-0.2, 0) is 25.0 Å². The van der Waals surface area contributed by atoms with Crippen LogP contribution in [0.15, 0.2) is 60.8 Å². The van der Waals surface area contributed by atoms with Gasteiger partial charge in [-0.2, -0.15) is 0 Å². The number of hydrogen-bond acceptors (Lipinski definition) is 8. The van der Waals surface area contributed by atoms with Crippen LogP contribution in [0.2, 0.25) is 0 Å². The van der Waals surface area contributed by atoms with Gasteiger partial charge in [-0.3, -0.25) is 14.0 Å². The second kappa shape index (κ2) is 18.8. The molecule has 10 nitrogen and oxygen atoms in total. The van der Waals surface area contributed by atoms with Gasteiger partial charge < -0.3 is 20.5 Å². The Morgan fingerprint density at radius 2 is 1.84 bits per heavy atom. The van der Waals surface area contributed by atoms with Crippen molar-refractivity contribution in [2.24, 2.45) is 11.8 Å². The Balaban J connectivity index is 0.00000155. The number of hydrogen-bond donors (Lipinski definition) is 2. The molecular formula is C36H49F3N6O4. The van der Waals surface area contributed by atoms with Gasteiger partial charge in [0.05, 0.1) is 13.7 Å². The Kier molecular flexibility index (Phi) is 15.5. The Bertz CT molecular complexity index is 1650. The number of esters is 1. The van der Waals surface area contributed by atoms with E-state index >= 15 is 4.39 Å². The molecule has 0 bridgehead atoms. The molecule has 0 aliphatic heterocycles. The van der Waals surface area contributed by atoms with E-state index in [-0.39, 0.29) is 52.7 Å². The highest BCUT2D eigenvalue weighted by atomic mass is 19.3. The summed E-state index contributed by atoms with van der Waals surface area (Å²) in [6, 6.07) is 2.23. The second-order valence-electron chi connectivity index (χ2n) is 12.1. The number of aromatic nitrogens is 4. The number of rotatable bonds is 15. The number of allylic oxidation sites excluding steroid dienone is 1. The summed E-state index contributed by atoms with van der Waals surface area (Å²) < 4.78 is 55.6. The lowest BCUT2D eigenvalue weighted by molar-refractivity contribution is -0.137. The number of carbonyl (C=O) groups excluding carboxylic acids is 2. The van der Waals surface area contributed by atoms with Gasteiger partial charge in [0.25, 0.3) is 11.8 Å². The first-order valence-corrected chi connectivity index (χ1v) is 16.3. The van der Waals surface area contributed by atoms with E-state index in [1.807, 2.05) is 0 Å². The maximum absolute atomic E-state index is 16.5. The minimum atomic E-state index is -3.13. The first kappa shape index (κ1) is 40.5. The average molecular weight is 687 g/mol. The van der Waals surface area contributed by atoms with Crippen LogP contribution in [-0.4, -0.2) is 44.9 Å². The molecule has 3 heterocycles. The maximum atomic E-state index is 16.5. The SMILES string of the molecule is C=C/C(=C\C(OCC)=C(/F)c1nc(C(CCC(C)C)CC(C)CC)n2ccnc(N)c12)C(=O)Nc1cc(C(C)(F)F)ccn1.COC(C)=O. The van der Waals surface area contributed by atoms with Crippen molar-refractivity contribution < 1.29 is 32.2 Å². The lowest BCUT2D eigenvalue weighted by Gasteiger charge is -2.20. The van der Waals surface area contributed by atoms with Crippen LogP contribution in [0.25, 0.3) is 11.3 Å². The van der Waals surface area contributed by atoms with Crippen molar-refractivity contribution in [2.75, 3.05) is 24.8 Å². The lowest BCUT2D eigenvalue weighted by atomic mass is 9.88. The molecule has 0 fully saturated rings. The van der Waals surface area contributed by atoms with E-state index in [0.717, 1.165) is 44.7 Å². The molecule has 1 amide bonds. The number of amides is 1. The standard InChI is InChI=1S/C33H43F3N6O2.C3H6O2/c1-8-21(6)17-23(12-11-20(4)5)31-41-28(29-30(37)39-15-16-42(29)31)27(34)25(44-10-3)18-22(9-2)32(43)40-26-19-24(13-14-38-26)33(7,35)36;1-3(4)5-2/h9,13-16,18-21,23H,2,8,10-12,17H2,1,3-7H3,(H2,37,39)(H,38,40,43);1-2H3/b22-18+,27-25+;. The highest BCUT2D eigenvalue weighted by Crippen LogP contribution is 2.36. The number of pyridine rings is 1. The van der Waals surface area contributed by atoms with Crippen LogP contribution in [0.1, 0.15) is 97.1 Å². The zero-order valence-corrected chi connectivity index (χ0v) is 29.6. The molecule has 0 saturated carbocycles. The third-order valence-corrected chi connectivity index (χ3v) is 7.74. The van der Waals surface area contributed by atoms with Crippen molar-refractivity contribution in [1.29, 1.82) is 0 Å². The number of halogens is 3. The third kappa shape index (κ3) is 11.8. The van der Waals surface area contributed by atoms with E-state index in [0.29, 0.717) is 23.2 Å². The van der Waals surface area contributed by atoms with Crippen molar-refractivity contribution >= 4 is 34.9 Å². The number of anilines is 2. The van der Waals surface area contributed by atoms with Gasteiger partial charge >= 0.3 is 5.97 Å². The normalized spacial score (nSPS) is 13.6.